The molecule has 15 rings (SSSR count). The van der Waals surface area contributed by atoms with Crippen molar-refractivity contribution in [3.8, 4) is 11.1 Å². The summed E-state index contributed by atoms with van der Waals surface area (Å²) in [5.41, 5.74) is 21.0. The number of aromatic amines is 1. The largest absolute Gasteiger partial charge is 0.441 e. The van der Waals surface area contributed by atoms with E-state index in [0.717, 1.165) is 55.1 Å². The summed E-state index contributed by atoms with van der Waals surface area (Å²) in [6, 6.07) is 63.8. The molecule has 0 aliphatic heterocycles. The van der Waals surface area contributed by atoms with E-state index in [4.69, 9.17) is 8.83 Å². The normalized spacial score (nSPS) is 13.2. The van der Waals surface area contributed by atoms with Crippen molar-refractivity contribution < 1.29 is 8.83 Å². The van der Waals surface area contributed by atoms with Crippen LogP contribution in [0.3, 0.4) is 0 Å². The molecule has 7 nitrogen and oxygen atoms in total. The van der Waals surface area contributed by atoms with E-state index in [2.05, 4.69) is 264 Å². The molecular weight excluding hydrogens is 1130 g/mol. The highest BCUT2D eigenvalue weighted by molar-refractivity contribution is 7.20. The SMILES string of the molecule is CC1CCC(C)CC1.Cc1ccc(-c2ccc(C)cc2)cc1.Cc1ccc(C)[nH]1.Cc1ccc(C)cc1.Cc1ccc2cc(C)ccc2c1.Cc1cccc2c(C)cccc12.Cc1nc2cc3oc(C)nc3cc2o1.Cc1nc2cc3sc(C)nc3cc2s1. The minimum Gasteiger partial charge on any atom is -0.441 e. The Morgan fingerprint density at radius 2 is 0.685 bits per heavy atom. The van der Waals surface area contributed by atoms with Crippen molar-refractivity contribution in [1.82, 2.24) is 24.9 Å². The lowest BCUT2D eigenvalue weighted by atomic mass is 9.84. The Balaban J connectivity index is 0.000000133. The third-order valence-corrected chi connectivity index (χ3v) is 17.5. The van der Waals surface area contributed by atoms with E-state index in [1.165, 1.54) is 124 Å². The molecule has 1 aliphatic carbocycles. The molecule has 5 aromatic heterocycles. The Kier molecular flexibility index (Phi) is 23.6. The molecule has 1 aliphatic rings. The van der Waals surface area contributed by atoms with Gasteiger partial charge in [0, 0.05) is 37.4 Å². The Morgan fingerprint density at radius 1 is 0.348 bits per heavy atom. The van der Waals surface area contributed by atoms with E-state index >= 15 is 0 Å². The topological polar surface area (TPSA) is 93.6 Å². The summed E-state index contributed by atoms with van der Waals surface area (Å²) in [4.78, 5) is 20.5. The molecule has 14 aromatic rings. The maximum atomic E-state index is 5.39. The van der Waals surface area contributed by atoms with Crippen LogP contribution in [-0.2, 0) is 0 Å². The van der Waals surface area contributed by atoms with Crippen molar-refractivity contribution in [1.29, 1.82) is 0 Å². The molecule has 0 spiro atoms. The van der Waals surface area contributed by atoms with Crippen LogP contribution in [-0.4, -0.2) is 24.9 Å². The van der Waals surface area contributed by atoms with Gasteiger partial charge in [-0.25, -0.2) is 19.9 Å². The maximum absolute atomic E-state index is 5.39. The summed E-state index contributed by atoms with van der Waals surface area (Å²) in [7, 11) is 0. The van der Waals surface area contributed by atoms with Crippen LogP contribution in [0.5, 0.6) is 0 Å². The highest BCUT2D eigenvalue weighted by Crippen LogP contribution is 2.31. The number of aryl methyl sites for hydroxylation is 14. The van der Waals surface area contributed by atoms with Crippen LogP contribution in [0.25, 0.3) is 75.3 Å². The highest BCUT2D eigenvalue weighted by atomic mass is 32.1. The first kappa shape index (κ1) is 66.5. The van der Waals surface area contributed by atoms with E-state index in [0.29, 0.717) is 11.8 Å². The van der Waals surface area contributed by atoms with Gasteiger partial charge in [-0.3, -0.25) is 0 Å². The van der Waals surface area contributed by atoms with E-state index in [1.807, 2.05) is 53.7 Å². The first-order chi connectivity index (χ1) is 42.6. The number of nitrogens with one attached hydrogen (secondary N) is 1. The highest BCUT2D eigenvalue weighted by Gasteiger charge is 2.13. The van der Waals surface area contributed by atoms with Gasteiger partial charge in [-0.05, 0) is 163 Å². The molecule has 9 aromatic carbocycles. The Morgan fingerprint density at radius 3 is 1.02 bits per heavy atom. The summed E-state index contributed by atoms with van der Waals surface area (Å²) in [6.45, 7) is 33.5. The third-order valence-electron chi connectivity index (χ3n) is 15.7. The second-order valence-electron chi connectivity index (χ2n) is 24.2. The predicted octanol–water partition coefficient (Wildman–Crippen LogP) is 23.8. The number of benzene rings is 9. The van der Waals surface area contributed by atoms with E-state index < -0.39 is 0 Å². The van der Waals surface area contributed by atoms with Crippen molar-refractivity contribution in [2.24, 2.45) is 11.8 Å². The van der Waals surface area contributed by atoms with Gasteiger partial charge in [-0.15, -0.1) is 22.7 Å². The van der Waals surface area contributed by atoms with Gasteiger partial charge in [0.2, 0.25) is 0 Å². The Hall–Kier alpha value is -8.50. The van der Waals surface area contributed by atoms with Crippen molar-refractivity contribution in [3.63, 3.8) is 0 Å². The van der Waals surface area contributed by atoms with Crippen LogP contribution < -0.4 is 0 Å². The zero-order chi connectivity index (χ0) is 63.7. The fourth-order valence-electron chi connectivity index (χ4n) is 10.5. The van der Waals surface area contributed by atoms with Crippen molar-refractivity contribution in [2.45, 2.75) is 136 Å². The molecule has 1 N–H and O–H groups in total. The summed E-state index contributed by atoms with van der Waals surface area (Å²) < 4.78 is 13.3. The number of thiazole rings is 2. The number of H-pyrrole nitrogens is 1. The molecule has 0 bridgehead atoms. The van der Waals surface area contributed by atoms with Crippen LogP contribution in [0.2, 0.25) is 0 Å². The molecule has 0 atom stereocenters. The second-order valence-corrected chi connectivity index (χ2v) is 26.7. The van der Waals surface area contributed by atoms with E-state index in [1.54, 1.807) is 22.7 Å². The molecular formula is C80H89N5O2S2. The van der Waals surface area contributed by atoms with Crippen molar-refractivity contribution in [2.75, 3.05) is 0 Å². The minimum absolute atomic E-state index is 0.657. The molecule has 458 valence electrons. The number of hydrogen-bond acceptors (Lipinski definition) is 8. The lowest BCUT2D eigenvalue weighted by molar-refractivity contribution is 0.308. The molecule has 0 unspecified atom stereocenters. The number of fused-ring (bicyclic) bond motifs is 6. The van der Waals surface area contributed by atoms with Gasteiger partial charge in [-0.1, -0.05) is 219 Å². The Bertz CT molecular complexity index is 4020. The minimum atomic E-state index is 0.657. The van der Waals surface area contributed by atoms with Crippen LogP contribution in [0.1, 0.15) is 117 Å². The fraction of sp³-hybridized carbons (Fsp3) is 0.275. The number of oxazole rings is 2. The van der Waals surface area contributed by atoms with Crippen molar-refractivity contribution >= 4 is 86.9 Å². The molecule has 9 heteroatoms. The lowest BCUT2D eigenvalue weighted by Crippen LogP contribution is -2.08. The average molecular weight is 1220 g/mol. The summed E-state index contributed by atoms with van der Waals surface area (Å²) >= 11 is 3.46. The smallest absolute Gasteiger partial charge is 0.192 e. The molecule has 1 saturated carbocycles. The van der Waals surface area contributed by atoms with Crippen LogP contribution in [0.15, 0.2) is 191 Å². The fourth-order valence-corrected chi connectivity index (χ4v) is 12.2. The Labute approximate surface area is 536 Å². The van der Waals surface area contributed by atoms with Crippen molar-refractivity contribution in [3.05, 3.63) is 260 Å². The van der Waals surface area contributed by atoms with Gasteiger partial charge >= 0.3 is 0 Å². The zero-order valence-electron chi connectivity index (χ0n) is 55.2. The summed E-state index contributed by atoms with van der Waals surface area (Å²) in [5, 5.41) is 7.65. The first-order valence-corrected chi connectivity index (χ1v) is 32.7. The number of hydrogen-bond donors (Lipinski definition) is 1. The van der Waals surface area contributed by atoms with Crippen LogP contribution in [0.4, 0.5) is 0 Å². The standard InChI is InChI=1S/C14H14.2C12H12.C10H8N2O2.C10H8N2S2.C8H16.C8H10.C6H9N/c1-11-3-7-13(8-4-11)14-9-5-12(2)6-10-14;1-9-3-5-12-8-10(2)4-6-11(12)7-9;1-9-5-3-8-12-10(2)6-4-7-11(9)12;2*1-5-11-7-3-10-8(4-9(7)13-5)12-6(2)14-10;2*1-7-3-5-8(2)6-4-7;1-5-3-4-6(2)7-5/h3-10H,1-2H3;2*3-8H,1-2H3;2*3-4H,1-2H3;7-8H,3-6H2,1-2H3;3-6H,1-2H3;3-4,7H,1-2H3. The third kappa shape index (κ3) is 20.0. The van der Waals surface area contributed by atoms with E-state index in [9.17, 15) is 0 Å². The van der Waals surface area contributed by atoms with Gasteiger partial charge in [-0.2, -0.15) is 0 Å². The second kappa shape index (κ2) is 31.6. The molecule has 0 amide bonds. The molecule has 5 heterocycles. The predicted molar refractivity (Wildman–Crippen MR) is 384 cm³/mol. The zero-order valence-corrected chi connectivity index (χ0v) is 56.9. The molecule has 89 heavy (non-hydrogen) atoms. The number of rotatable bonds is 1. The van der Waals surface area contributed by atoms with Gasteiger partial charge in [0.15, 0.2) is 22.9 Å². The lowest BCUT2D eigenvalue weighted by Gasteiger charge is -2.22. The van der Waals surface area contributed by atoms with E-state index in [-0.39, 0.29) is 0 Å². The summed E-state index contributed by atoms with van der Waals surface area (Å²) in [6.07, 6.45) is 5.89. The van der Waals surface area contributed by atoms with Gasteiger partial charge in [0.25, 0.3) is 0 Å². The van der Waals surface area contributed by atoms with Gasteiger partial charge in [0.05, 0.1) is 30.4 Å². The van der Waals surface area contributed by atoms with Crippen LogP contribution in [0, 0.1) is 109 Å². The molecule has 1 fully saturated rings. The van der Waals surface area contributed by atoms with Gasteiger partial charge < -0.3 is 13.8 Å². The number of nitrogens with zero attached hydrogens (tertiary/aromatic N) is 4. The van der Waals surface area contributed by atoms with Crippen LogP contribution >= 0.6 is 22.7 Å². The quantitative estimate of drug-likeness (QED) is 0.176. The summed E-state index contributed by atoms with van der Waals surface area (Å²) in [5.74, 6) is 3.35. The molecule has 0 radical (unpaired) electrons. The monoisotopic (exact) mass is 1220 g/mol. The number of aromatic nitrogens is 5. The molecule has 0 saturated heterocycles. The maximum Gasteiger partial charge on any atom is 0.192 e. The van der Waals surface area contributed by atoms with Gasteiger partial charge in [0.1, 0.15) is 11.0 Å². The first-order valence-electron chi connectivity index (χ1n) is 31.1. The average Bonchev–Trinajstić information content (AvgIpc) is 4.07.